The molecule has 3 rings (SSSR count). The number of benzene rings is 3. The van der Waals surface area contributed by atoms with Crippen molar-refractivity contribution in [3.63, 3.8) is 0 Å². The average molecular weight is 445 g/mol. The summed E-state index contributed by atoms with van der Waals surface area (Å²) in [7, 11) is 0. The first-order chi connectivity index (χ1) is 14.3. The number of hydrazone groups is 1. The molecular weight excluding hydrogens is 427 g/mol. The first-order valence-electron chi connectivity index (χ1n) is 8.87. The molecule has 0 aliphatic heterocycles. The van der Waals surface area contributed by atoms with Crippen LogP contribution in [0.2, 0.25) is 10.0 Å². The SMILES string of the molecule is C/C(=N/NC(=O)c1ccc(OCc2ccc(Cl)cc2Cl)cc1)c1cc(O)ccc1O. The molecule has 3 N–H and O–H groups in total. The van der Waals surface area contributed by atoms with Crippen molar-refractivity contribution in [1.82, 2.24) is 5.43 Å². The molecule has 0 bridgehead atoms. The molecule has 30 heavy (non-hydrogen) atoms. The van der Waals surface area contributed by atoms with Gasteiger partial charge in [-0.1, -0.05) is 29.3 Å². The van der Waals surface area contributed by atoms with Gasteiger partial charge in [-0.05, 0) is 61.5 Å². The minimum absolute atomic E-state index is 0.0147. The molecule has 0 radical (unpaired) electrons. The normalized spacial score (nSPS) is 11.2. The number of hydrogen-bond donors (Lipinski definition) is 3. The summed E-state index contributed by atoms with van der Waals surface area (Å²) < 4.78 is 5.69. The predicted octanol–water partition coefficient (Wildman–Crippen LogP) is 5.14. The monoisotopic (exact) mass is 444 g/mol. The third kappa shape index (κ3) is 5.43. The second-order valence-electron chi connectivity index (χ2n) is 6.39. The molecule has 0 unspecified atom stereocenters. The lowest BCUT2D eigenvalue weighted by Crippen LogP contribution is -2.19. The molecule has 6 nitrogen and oxygen atoms in total. The summed E-state index contributed by atoms with van der Waals surface area (Å²) in [5.41, 5.74) is 4.26. The topological polar surface area (TPSA) is 91.2 Å². The van der Waals surface area contributed by atoms with Gasteiger partial charge in [0.1, 0.15) is 23.9 Å². The zero-order chi connectivity index (χ0) is 21.7. The van der Waals surface area contributed by atoms with E-state index in [1.807, 2.05) is 0 Å². The van der Waals surface area contributed by atoms with Gasteiger partial charge in [-0.3, -0.25) is 4.79 Å². The number of phenols is 2. The Kier molecular flexibility index (Phi) is 6.82. The number of halogens is 2. The average Bonchev–Trinajstić information content (AvgIpc) is 2.73. The van der Waals surface area contributed by atoms with Crippen LogP contribution in [0.5, 0.6) is 17.2 Å². The number of hydrogen-bond acceptors (Lipinski definition) is 5. The lowest BCUT2D eigenvalue weighted by molar-refractivity contribution is 0.0954. The van der Waals surface area contributed by atoms with Crippen LogP contribution >= 0.6 is 23.2 Å². The molecule has 0 saturated heterocycles. The summed E-state index contributed by atoms with van der Waals surface area (Å²) in [5, 5.41) is 24.4. The lowest BCUT2D eigenvalue weighted by Gasteiger charge is -2.09. The van der Waals surface area contributed by atoms with Crippen LogP contribution < -0.4 is 10.2 Å². The Bertz CT molecular complexity index is 1100. The molecular formula is C22H18Cl2N2O4. The fraction of sp³-hybridized carbons (Fsp3) is 0.0909. The Labute approximate surface area is 183 Å². The van der Waals surface area contributed by atoms with Crippen molar-refractivity contribution in [3.05, 3.63) is 87.4 Å². The minimum Gasteiger partial charge on any atom is -0.508 e. The van der Waals surface area contributed by atoms with E-state index < -0.39 is 5.91 Å². The Morgan fingerprint density at radius 3 is 2.47 bits per heavy atom. The number of phenolic OH excluding ortho intramolecular Hbond substituents is 2. The zero-order valence-electron chi connectivity index (χ0n) is 15.9. The molecule has 0 heterocycles. The third-order valence-corrected chi connectivity index (χ3v) is 4.81. The highest BCUT2D eigenvalue weighted by Gasteiger charge is 2.09. The highest BCUT2D eigenvalue weighted by molar-refractivity contribution is 6.35. The maximum absolute atomic E-state index is 12.3. The molecule has 3 aromatic rings. The van der Waals surface area contributed by atoms with Gasteiger partial charge in [0.25, 0.3) is 5.91 Å². The molecule has 0 fully saturated rings. The van der Waals surface area contributed by atoms with Crippen molar-refractivity contribution in [2.45, 2.75) is 13.5 Å². The Balaban J connectivity index is 1.61. The Hall–Kier alpha value is -3.22. The van der Waals surface area contributed by atoms with E-state index in [0.29, 0.717) is 32.6 Å². The molecule has 3 aromatic carbocycles. The summed E-state index contributed by atoms with van der Waals surface area (Å²) in [5.74, 6) is 0.0768. The molecule has 0 aliphatic rings. The van der Waals surface area contributed by atoms with E-state index in [1.165, 1.54) is 18.2 Å². The summed E-state index contributed by atoms with van der Waals surface area (Å²) in [4.78, 5) is 12.3. The second kappa shape index (κ2) is 9.52. The van der Waals surface area contributed by atoms with Gasteiger partial charge in [0, 0.05) is 26.7 Å². The van der Waals surface area contributed by atoms with Crippen LogP contribution in [0.15, 0.2) is 65.8 Å². The van der Waals surface area contributed by atoms with Crippen LogP contribution in [0.25, 0.3) is 0 Å². The van der Waals surface area contributed by atoms with E-state index in [-0.39, 0.29) is 18.1 Å². The largest absolute Gasteiger partial charge is 0.508 e. The third-order valence-electron chi connectivity index (χ3n) is 4.22. The Morgan fingerprint density at radius 1 is 1.03 bits per heavy atom. The number of aromatic hydroxyl groups is 2. The van der Waals surface area contributed by atoms with Crippen LogP contribution in [0.3, 0.4) is 0 Å². The number of carbonyl (C=O) groups is 1. The summed E-state index contributed by atoms with van der Waals surface area (Å²) in [6.07, 6.45) is 0. The predicted molar refractivity (Wildman–Crippen MR) is 117 cm³/mol. The van der Waals surface area contributed by atoms with Crippen molar-refractivity contribution in [2.75, 3.05) is 0 Å². The van der Waals surface area contributed by atoms with Gasteiger partial charge in [-0.15, -0.1) is 0 Å². The first-order valence-corrected chi connectivity index (χ1v) is 9.63. The number of nitrogens with zero attached hydrogens (tertiary/aromatic N) is 1. The number of ether oxygens (including phenoxy) is 1. The van der Waals surface area contributed by atoms with Gasteiger partial charge in [-0.25, -0.2) is 5.43 Å². The zero-order valence-corrected chi connectivity index (χ0v) is 17.4. The molecule has 0 aliphatic carbocycles. The second-order valence-corrected chi connectivity index (χ2v) is 7.23. The highest BCUT2D eigenvalue weighted by atomic mass is 35.5. The van der Waals surface area contributed by atoms with E-state index in [2.05, 4.69) is 10.5 Å². The maximum atomic E-state index is 12.3. The van der Waals surface area contributed by atoms with Gasteiger partial charge in [0.15, 0.2) is 0 Å². The van der Waals surface area contributed by atoms with Crippen LogP contribution in [0.4, 0.5) is 0 Å². The van der Waals surface area contributed by atoms with Crippen LogP contribution in [-0.4, -0.2) is 21.8 Å². The smallest absolute Gasteiger partial charge is 0.271 e. The number of amides is 1. The molecule has 0 spiro atoms. The number of carbonyl (C=O) groups excluding carboxylic acids is 1. The minimum atomic E-state index is -0.429. The highest BCUT2D eigenvalue weighted by Crippen LogP contribution is 2.24. The van der Waals surface area contributed by atoms with Gasteiger partial charge >= 0.3 is 0 Å². The molecule has 154 valence electrons. The fourth-order valence-corrected chi connectivity index (χ4v) is 3.04. The van der Waals surface area contributed by atoms with E-state index >= 15 is 0 Å². The molecule has 0 saturated carbocycles. The van der Waals surface area contributed by atoms with Gasteiger partial charge in [-0.2, -0.15) is 5.10 Å². The van der Waals surface area contributed by atoms with Crippen LogP contribution in [0.1, 0.15) is 28.4 Å². The Morgan fingerprint density at radius 2 is 1.77 bits per heavy atom. The van der Waals surface area contributed by atoms with E-state index in [1.54, 1.807) is 49.4 Å². The number of rotatable bonds is 6. The number of nitrogens with one attached hydrogen (secondary N) is 1. The van der Waals surface area contributed by atoms with Gasteiger partial charge in [0.2, 0.25) is 0 Å². The molecule has 1 amide bonds. The first kappa shape index (κ1) is 21.5. The lowest BCUT2D eigenvalue weighted by atomic mass is 10.1. The van der Waals surface area contributed by atoms with E-state index in [4.69, 9.17) is 27.9 Å². The van der Waals surface area contributed by atoms with E-state index in [0.717, 1.165) is 5.56 Å². The fourth-order valence-electron chi connectivity index (χ4n) is 2.58. The molecule has 0 aromatic heterocycles. The van der Waals surface area contributed by atoms with Crippen molar-refractivity contribution < 1.29 is 19.7 Å². The summed E-state index contributed by atoms with van der Waals surface area (Å²) in [6, 6.07) is 15.8. The molecule has 8 heteroatoms. The van der Waals surface area contributed by atoms with Crippen molar-refractivity contribution in [2.24, 2.45) is 5.10 Å². The van der Waals surface area contributed by atoms with Gasteiger partial charge < -0.3 is 14.9 Å². The summed E-state index contributed by atoms with van der Waals surface area (Å²) >= 11 is 12.0. The maximum Gasteiger partial charge on any atom is 0.271 e. The summed E-state index contributed by atoms with van der Waals surface area (Å²) in [6.45, 7) is 1.87. The van der Waals surface area contributed by atoms with Gasteiger partial charge in [0.05, 0.1) is 5.71 Å². The van der Waals surface area contributed by atoms with Crippen molar-refractivity contribution in [1.29, 1.82) is 0 Å². The van der Waals surface area contributed by atoms with Crippen LogP contribution in [-0.2, 0) is 6.61 Å². The standard InChI is InChI=1S/C22H18Cl2N2O4/c1-13(19-11-17(27)6-9-21(19)28)25-26-22(29)14-3-7-18(8-4-14)30-12-15-2-5-16(23)10-20(15)24/h2-11,27-28H,12H2,1H3,(H,26,29)/b25-13-. The van der Waals surface area contributed by atoms with E-state index in [9.17, 15) is 15.0 Å². The van der Waals surface area contributed by atoms with Crippen molar-refractivity contribution >= 4 is 34.8 Å². The quantitative estimate of drug-likeness (QED) is 0.279. The van der Waals surface area contributed by atoms with Crippen LogP contribution in [0, 0.1) is 0 Å². The molecule has 0 atom stereocenters. The van der Waals surface area contributed by atoms with Crippen molar-refractivity contribution in [3.8, 4) is 17.2 Å².